The highest BCUT2D eigenvalue weighted by atomic mass is 19.1. The van der Waals surface area contributed by atoms with E-state index in [-0.39, 0.29) is 12.0 Å². The van der Waals surface area contributed by atoms with Gasteiger partial charge in [-0.3, -0.25) is 9.99 Å². The Morgan fingerprint density at radius 2 is 1.76 bits per heavy atom. The summed E-state index contributed by atoms with van der Waals surface area (Å²) in [6.45, 7) is 0. The van der Waals surface area contributed by atoms with Crippen LogP contribution in [0.15, 0.2) is 78.9 Å². The van der Waals surface area contributed by atoms with Crippen LogP contribution in [-0.4, -0.2) is 21.0 Å². The zero-order chi connectivity index (χ0) is 29.1. The van der Waals surface area contributed by atoms with Crippen molar-refractivity contribution in [3.05, 3.63) is 107 Å². The van der Waals surface area contributed by atoms with Crippen molar-refractivity contribution in [2.75, 3.05) is 10.6 Å². The highest BCUT2D eigenvalue weighted by molar-refractivity contribution is 5.99. The third-order valence-corrected chi connectivity index (χ3v) is 7.28. The van der Waals surface area contributed by atoms with Gasteiger partial charge < -0.3 is 16.1 Å². The molecule has 1 aliphatic carbocycles. The van der Waals surface area contributed by atoms with Gasteiger partial charge in [-0.15, -0.1) is 5.53 Å². The SMILES string of the molecule is N#CC[C@@H](Nc1c(C#N)cnc2c(C#N)cc(NC(C3=CN(C4CC4)NN3)c3ccc(F)nc3)cc12)c1ccccc1. The first-order valence-corrected chi connectivity index (χ1v) is 13.4. The molecule has 4 N–H and O–H groups in total. The molecule has 1 aliphatic heterocycles. The molecule has 4 aromatic rings. The highest BCUT2D eigenvalue weighted by Gasteiger charge is 2.32. The normalized spacial score (nSPS) is 15.5. The van der Waals surface area contributed by atoms with Crippen LogP contribution in [0.5, 0.6) is 0 Å². The molecular weight excluding hydrogens is 531 g/mol. The Hall–Kier alpha value is -5.70. The molecule has 2 aromatic carbocycles. The van der Waals surface area contributed by atoms with Gasteiger partial charge in [-0.1, -0.05) is 36.4 Å². The van der Waals surface area contributed by atoms with Gasteiger partial charge in [0.25, 0.3) is 0 Å². The lowest BCUT2D eigenvalue weighted by Crippen LogP contribution is -2.38. The minimum atomic E-state index is -0.586. The molecule has 6 rings (SSSR count). The van der Waals surface area contributed by atoms with Gasteiger partial charge in [0, 0.05) is 35.7 Å². The molecular formula is C31H25FN10. The number of hydrogen-bond acceptors (Lipinski definition) is 10. The Bertz CT molecular complexity index is 1780. The topological polar surface area (TPSA) is 149 Å². The third kappa shape index (κ3) is 5.35. The number of aromatic nitrogens is 2. The summed E-state index contributed by atoms with van der Waals surface area (Å²) in [4.78, 5) is 8.29. The van der Waals surface area contributed by atoms with Gasteiger partial charge >= 0.3 is 0 Å². The van der Waals surface area contributed by atoms with E-state index in [1.165, 1.54) is 18.5 Å². The predicted molar refractivity (Wildman–Crippen MR) is 154 cm³/mol. The molecule has 1 saturated carbocycles. The first-order valence-electron chi connectivity index (χ1n) is 13.4. The fourth-order valence-corrected chi connectivity index (χ4v) is 5.02. The Morgan fingerprint density at radius 1 is 0.952 bits per heavy atom. The second-order valence-electron chi connectivity index (χ2n) is 10.1. The minimum Gasteiger partial charge on any atom is -0.376 e. The number of hydrogen-bond donors (Lipinski definition) is 4. The van der Waals surface area contributed by atoms with Crippen LogP contribution < -0.4 is 21.6 Å². The molecule has 0 spiro atoms. The molecule has 1 unspecified atom stereocenters. The van der Waals surface area contributed by atoms with Crippen LogP contribution in [0.3, 0.4) is 0 Å². The summed E-state index contributed by atoms with van der Waals surface area (Å²) in [6, 6.07) is 22.2. The zero-order valence-corrected chi connectivity index (χ0v) is 22.3. The monoisotopic (exact) mass is 556 g/mol. The van der Waals surface area contributed by atoms with Gasteiger partial charge in [-0.25, -0.2) is 4.98 Å². The van der Waals surface area contributed by atoms with Crippen LogP contribution in [0.1, 0.15) is 53.6 Å². The van der Waals surface area contributed by atoms with Crippen LogP contribution >= 0.6 is 0 Å². The number of benzene rings is 2. The van der Waals surface area contributed by atoms with E-state index in [9.17, 15) is 20.2 Å². The largest absolute Gasteiger partial charge is 0.376 e. The fourth-order valence-electron chi connectivity index (χ4n) is 5.02. The molecule has 2 aliphatic rings. The zero-order valence-electron chi connectivity index (χ0n) is 22.3. The van der Waals surface area contributed by atoms with E-state index in [2.05, 4.69) is 49.8 Å². The molecule has 0 bridgehead atoms. The van der Waals surface area contributed by atoms with Crippen LogP contribution in [0.4, 0.5) is 15.8 Å². The molecule has 1 fully saturated rings. The lowest BCUT2D eigenvalue weighted by atomic mass is 10.00. The number of nitriles is 3. The van der Waals surface area contributed by atoms with Gasteiger partial charge in [0.1, 0.15) is 12.1 Å². The molecule has 10 nitrogen and oxygen atoms in total. The van der Waals surface area contributed by atoms with Crippen molar-refractivity contribution >= 4 is 22.3 Å². The summed E-state index contributed by atoms with van der Waals surface area (Å²) < 4.78 is 13.7. The van der Waals surface area contributed by atoms with Crippen molar-refractivity contribution < 1.29 is 4.39 Å². The number of anilines is 2. The van der Waals surface area contributed by atoms with Gasteiger partial charge in [0.2, 0.25) is 5.95 Å². The van der Waals surface area contributed by atoms with Crippen LogP contribution in [0.25, 0.3) is 10.9 Å². The summed E-state index contributed by atoms with van der Waals surface area (Å²) in [7, 11) is 0. The summed E-state index contributed by atoms with van der Waals surface area (Å²) in [5.74, 6) is -0.586. The number of nitrogens with one attached hydrogen (secondary N) is 4. The molecule has 0 amide bonds. The Balaban J connectivity index is 1.44. The highest BCUT2D eigenvalue weighted by Crippen LogP contribution is 2.36. The van der Waals surface area contributed by atoms with Crippen molar-refractivity contribution in [3.63, 3.8) is 0 Å². The maximum Gasteiger partial charge on any atom is 0.212 e. The van der Waals surface area contributed by atoms with E-state index in [4.69, 9.17) is 0 Å². The maximum atomic E-state index is 13.7. The number of fused-ring (bicyclic) bond motifs is 1. The lowest BCUT2D eigenvalue weighted by Gasteiger charge is -2.23. The fraction of sp³-hybridized carbons (Fsp3) is 0.194. The number of pyridine rings is 2. The van der Waals surface area contributed by atoms with Gasteiger partial charge in [0.05, 0.1) is 52.6 Å². The summed E-state index contributed by atoms with van der Waals surface area (Å²) in [5, 5.41) is 39.0. The van der Waals surface area contributed by atoms with E-state index in [0.717, 1.165) is 24.1 Å². The minimum absolute atomic E-state index is 0.158. The molecule has 2 aromatic heterocycles. The average molecular weight is 557 g/mol. The van der Waals surface area contributed by atoms with E-state index in [1.54, 1.807) is 12.1 Å². The molecule has 11 heteroatoms. The standard InChI is InChI=1S/C31H25FN10/c32-28-9-6-20(16-36-28)31(27-18-42(41-40-27)24-7-8-24)38-23-12-21(14-34)29-25(13-23)30(22(15-35)17-37-29)39-26(10-11-33)19-4-2-1-3-5-19/h1-6,9,12-13,16-18,24,26,31,38,40-41H,7-8,10H2,(H,37,39)/t26-,31?/m1/s1. The van der Waals surface area contributed by atoms with Crippen LogP contribution in [0, 0.1) is 39.9 Å². The Morgan fingerprint density at radius 3 is 2.45 bits per heavy atom. The van der Waals surface area contributed by atoms with Crippen LogP contribution in [-0.2, 0) is 0 Å². The van der Waals surface area contributed by atoms with Gasteiger partial charge in [0.15, 0.2) is 0 Å². The second kappa shape index (κ2) is 11.4. The third-order valence-electron chi connectivity index (χ3n) is 7.28. The molecule has 0 radical (unpaired) electrons. The smallest absolute Gasteiger partial charge is 0.212 e. The first kappa shape index (κ1) is 26.5. The number of hydrazine groups is 2. The quantitative estimate of drug-likeness (QED) is 0.206. The maximum absolute atomic E-state index is 13.7. The number of nitrogens with zero attached hydrogens (tertiary/aromatic N) is 6. The lowest BCUT2D eigenvalue weighted by molar-refractivity contribution is 0.260. The molecule has 42 heavy (non-hydrogen) atoms. The summed E-state index contributed by atoms with van der Waals surface area (Å²) in [6.07, 6.45) is 7.21. The van der Waals surface area contributed by atoms with Crippen LogP contribution in [0.2, 0.25) is 0 Å². The van der Waals surface area contributed by atoms with Gasteiger partial charge in [-0.05, 0) is 42.2 Å². The van der Waals surface area contributed by atoms with Crippen molar-refractivity contribution in [2.24, 2.45) is 0 Å². The van der Waals surface area contributed by atoms with Crippen molar-refractivity contribution in [1.29, 1.82) is 15.8 Å². The summed E-state index contributed by atoms with van der Waals surface area (Å²) in [5.41, 5.74) is 10.8. The van der Waals surface area contributed by atoms with Crippen molar-refractivity contribution in [2.45, 2.75) is 37.4 Å². The van der Waals surface area contributed by atoms with E-state index in [1.807, 2.05) is 47.6 Å². The number of rotatable bonds is 9. The second-order valence-corrected chi connectivity index (χ2v) is 10.1. The van der Waals surface area contributed by atoms with E-state index in [0.29, 0.717) is 39.4 Å². The van der Waals surface area contributed by atoms with E-state index < -0.39 is 18.0 Å². The van der Waals surface area contributed by atoms with Crippen molar-refractivity contribution in [1.82, 2.24) is 25.9 Å². The Labute approximate surface area is 241 Å². The van der Waals surface area contributed by atoms with E-state index >= 15 is 0 Å². The Kier molecular flexibility index (Phi) is 7.21. The molecule has 3 heterocycles. The molecule has 0 saturated heterocycles. The molecule has 2 atom stereocenters. The number of halogens is 1. The van der Waals surface area contributed by atoms with Gasteiger partial charge in [-0.2, -0.15) is 20.2 Å². The molecule has 206 valence electrons. The predicted octanol–water partition coefficient (Wildman–Crippen LogP) is 5.06. The van der Waals surface area contributed by atoms with Crippen molar-refractivity contribution in [3.8, 4) is 18.2 Å². The average Bonchev–Trinajstić information content (AvgIpc) is 3.76. The summed E-state index contributed by atoms with van der Waals surface area (Å²) >= 11 is 0. The first-order chi connectivity index (χ1) is 20.6.